The summed E-state index contributed by atoms with van der Waals surface area (Å²) in [5, 5.41) is 12.1. The molecule has 0 unspecified atom stereocenters. The lowest BCUT2D eigenvalue weighted by atomic mass is 10.1. The monoisotopic (exact) mass is 517 g/mol. The van der Waals surface area contributed by atoms with E-state index in [4.69, 9.17) is 0 Å². The molecule has 0 bridgehead atoms. The zero-order valence-corrected chi connectivity index (χ0v) is 21.4. The van der Waals surface area contributed by atoms with Gasteiger partial charge in [-0.05, 0) is 43.0 Å². The van der Waals surface area contributed by atoms with Gasteiger partial charge in [-0.2, -0.15) is 5.26 Å². The fraction of sp³-hybridized carbons (Fsp3) is 0.286. The molecular formula is C28H28FN5O2S. The number of amides is 2. The first-order valence-electron chi connectivity index (χ1n) is 12.1. The minimum absolute atomic E-state index is 0.0317. The summed E-state index contributed by atoms with van der Waals surface area (Å²) in [4.78, 5) is 35.2. The molecule has 9 heteroatoms. The van der Waals surface area contributed by atoms with Crippen molar-refractivity contribution in [2.75, 3.05) is 20.1 Å². The first kappa shape index (κ1) is 26.0. The van der Waals surface area contributed by atoms with Gasteiger partial charge in [0, 0.05) is 38.8 Å². The Balaban J connectivity index is 1.56. The Morgan fingerprint density at radius 1 is 1.14 bits per heavy atom. The van der Waals surface area contributed by atoms with Gasteiger partial charge in [0.1, 0.15) is 10.7 Å². The van der Waals surface area contributed by atoms with E-state index in [-0.39, 0.29) is 19.0 Å². The van der Waals surface area contributed by atoms with Gasteiger partial charge in [-0.1, -0.05) is 36.4 Å². The number of carbonyl (C=O) groups excluding carboxylic acids is 2. The highest BCUT2D eigenvalue weighted by molar-refractivity contribution is 7.16. The maximum absolute atomic E-state index is 14.0. The zero-order chi connectivity index (χ0) is 26.2. The van der Waals surface area contributed by atoms with Crippen LogP contribution in [0.5, 0.6) is 0 Å². The van der Waals surface area contributed by atoms with Crippen LogP contribution >= 0.6 is 11.3 Å². The molecule has 2 amide bonds. The summed E-state index contributed by atoms with van der Waals surface area (Å²) in [5.41, 5.74) is 2.03. The van der Waals surface area contributed by atoms with E-state index >= 15 is 0 Å². The summed E-state index contributed by atoms with van der Waals surface area (Å²) in [6, 6.07) is 17.1. The molecule has 1 aliphatic rings. The number of piperidine rings is 1. The standard InChI is InChI=1S/C28H28FN5O2S/c1-33(18-22-11-4-3-9-20(22)16-30)28(36)26-24(32-19-34-13-7-2-8-14-34)15-25(37-26)27(35)31-17-21-10-5-6-12-23(21)29/h3-6,9-12,15,19H,2,7-8,13-14,17-18H2,1H3,(H,31,35)/b32-19+. The number of benzene rings is 2. The molecule has 2 aromatic carbocycles. The highest BCUT2D eigenvalue weighted by Gasteiger charge is 2.23. The van der Waals surface area contributed by atoms with Gasteiger partial charge in [0.15, 0.2) is 0 Å². The van der Waals surface area contributed by atoms with Crippen molar-refractivity contribution in [3.63, 3.8) is 0 Å². The molecule has 1 saturated heterocycles. The van der Waals surface area contributed by atoms with E-state index in [1.807, 2.05) is 12.1 Å². The molecule has 37 heavy (non-hydrogen) atoms. The minimum atomic E-state index is -0.404. The van der Waals surface area contributed by atoms with Gasteiger partial charge < -0.3 is 15.1 Å². The Morgan fingerprint density at radius 3 is 2.57 bits per heavy atom. The SMILES string of the molecule is CN(Cc1ccccc1C#N)C(=O)c1sc(C(=O)NCc2ccccc2F)cc1/N=C/N1CCCCC1. The molecule has 0 radical (unpaired) electrons. The number of thiophene rings is 1. The smallest absolute Gasteiger partial charge is 0.266 e. The summed E-state index contributed by atoms with van der Waals surface area (Å²) in [6.07, 6.45) is 5.11. The van der Waals surface area contributed by atoms with E-state index in [0.29, 0.717) is 26.6 Å². The van der Waals surface area contributed by atoms with Crippen LogP contribution in [0.1, 0.15) is 55.3 Å². The van der Waals surface area contributed by atoms with Crippen LogP contribution in [-0.2, 0) is 13.1 Å². The Morgan fingerprint density at radius 2 is 1.84 bits per heavy atom. The van der Waals surface area contributed by atoms with Crippen molar-refractivity contribution in [2.45, 2.75) is 32.4 Å². The van der Waals surface area contributed by atoms with Crippen LogP contribution in [0, 0.1) is 17.1 Å². The van der Waals surface area contributed by atoms with Crippen LogP contribution in [0.15, 0.2) is 59.6 Å². The lowest BCUT2D eigenvalue weighted by molar-refractivity contribution is 0.0790. The van der Waals surface area contributed by atoms with Crippen LogP contribution in [0.2, 0.25) is 0 Å². The molecule has 190 valence electrons. The molecule has 1 N–H and O–H groups in total. The van der Waals surface area contributed by atoms with Crippen molar-refractivity contribution >= 4 is 35.2 Å². The number of nitriles is 1. The third-order valence-electron chi connectivity index (χ3n) is 6.17. The molecular weight excluding hydrogens is 489 g/mol. The Hall–Kier alpha value is -4.03. The number of nitrogens with zero attached hydrogens (tertiary/aromatic N) is 4. The topological polar surface area (TPSA) is 88.8 Å². The van der Waals surface area contributed by atoms with Crippen LogP contribution < -0.4 is 5.32 Å². The number of rotatable bonds is 8. The van der Waals surface area contributed by atoms with Gasteiger partial charge in [0.25, 0.3) is 11.8 Å². The molecule has 4 rings (SSSR count). The maximum Gasteiger partial charge on any atom is 0.266 e. The molecule has 1 fully saturated rings. The van der Waals surface area contributed by atoms with Gasteiger partial charge in [0.2, 0.25) is 0 Å². The molecule has 0 atom stereocenters. The number of nitrogens with one attached hydrogen (secondary N) is 1. The first-order valence-corrected chi connectivity index (χ1v) is 12.9. The van der Waals surface area contributed by atoms with Gasteiger partial charge in [-0.3, -0.25) is 9.59 Å². The second-order valence-corrected chi connectivity index (χ2v) is 9.92. The number of halogens is 1. The summed E-state index contributed by atoms with van der Waals surface area (Å²) in [6.45, 7) is 2.07. The fourth-order valence-electron chi connectivity index (χ4n) is 4.09. The molecule has 7 nitrogen and oxygen atoms in total. The van der Waals surface area contributed by atoms with Crippen LogP contribution in [-0.4, -0.2) is 48.1 Å². The average Bonchev–Trinajstić information content (AvgIpc) is 3.36. The van der Waals surface area contributed by atoms with E-state index < -0.39 is 11.7 Å². The largest absolute Gasteiger partial charge is 0.363 e. The van der Waals surface area contributed by atoms with Crippen LogP contribution in [0.25, 0.3) is 0 Å². The van der Waals surface area contributed by atoms with Crippen molar-refractivity contribution in [3.8, 4) is 6.07 Å². The predicted octanol–water partition coefficient (Wildman–Crippen LogP) is 5.11. The maximum atomic E-state index is 14.0. The van der Waals surface area contributed by atoms with Gasteiger partial charge in [-0.25, -0.2) is 9.38 Å². The van der Waals surface area contributed by atoms with Gasteiger partial charge in [0.05, 0.1) is 28.5 Å². The second kappa shape index (κ2) is 12.3. The minimum Gasteiger partial charge on any atom is -0.363 e. The van der Waals surface area contributed by atoms with Crippen LogP contribution in [0.4, 0.5) is 10.1 Å². The quantitative estimate of drug-likeness (QED) is 0.332. The molecule has 0 spiro atoms. The number of hydrogen-bond donors (Lipinski definition) is 1. The van der Waals surface area contributed by atoms with E-state index in [1.54, 1.807) is 49.8 Å². The highest BCUT2D eigenvalue weighted by atomic mass is 32.1. The molecule has 3 aromatic rings. The number of likely N-dealkylation sites (tertiary alicyclic amines) is 1. The molecule has 0 aliphatic carbocycles. The lowest BCUT2D eigenvalue weighted by Crippen LogP contribution is -2.28. The molecule has 2 heterocycles. The van der Waals surface area contributed by atoms with E-state index in [9.17, 15) is 19.2 Å². The third-order valence-corrected chi connectivity index (χ3v) is 7.28. The Kier molecular flexibility index (Phi) is 8.64. The van der Waals surface area contributed by atoms with E-state index in [2.05, 4.69) is 21.3 Å². The number of aliphatic imine (C=N–C) groups is 1. The normalized spacial score (nSPS) is 13.4. The van der Waals surface area contributed by atoms with Crippen molar-refractivity contribution in [1.29, 1.82) is 5.26 Å². The zero-order valence-electron chi connectivity index (χ0n) is 20.6. The highest BCUT2D eigenvalue weighted by Crippen LogP contribution is 2.31. The Labute approximate surface area is 219 Å². The summed E-state index contributed by atoms with van der Waals surface area (Å²) in [7, 11) is 1.66. The van der Waals surface area contributed by atoms with Gasteiger partial charge >= 0.3 is 0 Å². The van der Waals surface area contributed by atoms with Crippen molar-refractivity contribution in [3.05, 3.63) is 86.9 Å². The number of carbonyl (C=O) groups is 2. The Bertz CT molecular complexity index is 1340. The molecule has 0 saturated carbocycles. The average molecular weight is 518 g/mol. The van der Waals surface area contributed by atoms with Crippen molar-refractivity contribution < 1.29 is 14.0 Å². The summed E-state index contributed by atoms with van der Waals surface area (Å²) >= 11 is 1.06. The van der Waals surface area contributed by atoms with Crippen LogP contribution in [0.3, 0.4) is 0 Å². The molecule has 1 aromatic heterocycles. The number of hydrogen-bond acceptors (Lipinski definition) is 5. The lowest BCUT2D eigenvalue weighted by Gasteiger charge is -2.23. The molecule has 1 aliphatic heterocycles. The third kappa shape index (κ3) is 6.60. The predicted molar refractivity (Wildman–Crippen MR) is 142 cm³/mol. The second-order valence-electron chi connectivity index (χ2n) is 8.87. The fourth-order valence-corrected chi connectivity index (χ4v) is 5.11. The summed E-state index contributed by atoms with van der Waals surface area (Å²) < 4.78 is 14.0. The summed E-state index contributed by atoms with van der Waals surface area (Å²) in [5.74, 6) is -1.09. The van der Waals surface area contributed by atoms with E-state index in [1.165, 1.54) is 17.4 Å². The first-order chi connectivity index (χ1) is 18.0. The van der Waals surface area contributed by atoms with E-state index in [0.717, 1.165) is 42.8 Å². The van der Waals surface area contributed by atoms with Gasteiger partial charge in [-0.15, -0.1) is 11.3 Å². The van der Waals surface area contributed by atoms with Crippen molar-refractivity contribution in [2.24, 2.45) is 4.99 Å². The van der Waals surface area contributed by atoms with Crippen molar-refractivity contribution in [1.82, 2.24) is 15.1 Å².